The van der Waals surface area contributed by atoms with Crippen molar-refractivity contribution < 1.29 is 9.18 Å². The molecular weight excluding hydrogens is 319 g/mol. The van der Waals surface area contributed by atoms with Crippen molar-refractivity contribution in [2.24, 2.45) is 7.05 Å². The Hall–Kier alpha value is -3.41. The number of hydrogen-bond acceptors (Lipinski definition) is 2. The molecule has 2 N–H and O–H groups in total. The number of carbonyl (C=O) groups is 1. The van der Waals surface area contributed by atoms with Gasteiger partial charge in [-0.15, -0.1) is 0 Å². The predicted molar refractivity (Wildman–Crippen MR) is 94.9 cm³/mol. The fraction of sp³-hybridized carbons (Fsp3) is 0.0526. The molecule has 0 saturated heterocycles. The van der Waals surface area contributed by atoms with E-state index in [0.717, 1.165) is 22.2 Å². The van der Waals surface area contributed by atoms with E-state index in [1.807, 2.05) is 30.3 Å². The molecule has 0 radical (unpaired) electrons. The second kappa shape index (κ2) is 5.90. The Balaban J connectivity index is 1.64. The highest BCUT2D eigenvalue weighted by molar-refractivity contribution is 6.03. The Kier molecular flexibility index (Phi) is 3.57. The van der Waals surface area contributed by atoms with Gasteiger partial charge in [-0.2, -0.15) is 5.10 Å². The molecule has 0 fully saturated rings. The molecule has 1 amide bonds. The third-order valence-corrected chi connectivity index (χ3v) is 4.07. The average molecular weight is 334 g/mol. The molecule has 5 nitrogen and oxygen atoms in total. The van der Waals surface area contributed by atoms with E-state index < -0.39 is 0 Å². The van der Waals surface area contributed by atoms with Gasteiger partial charge in [-0.25, -0.2) is 4.39 Å². The number of halogens is 1. The zero-order valence-corrected chi connectivity index (χ0v) is 13.5. The summed E-state index contributed by atoms with van der Waals surface area (Å²) in [7, 11) is 1.72. The molecule has 0 aliphatic rings. The minimum absolute atomic E-state index is 0.226. The molecule has 2 aromatic heterocycles. The number of fused-ring (bicyclic) bond motifs is 1. The van der Waals surface area contributed by atoms with Gasteiger partial charge in [-0.1, -0.05) is 12.1 Å². The number of amides is 1. The number of aromatic nitrogens is 3. The van der Waals surface area contributed by atoms with E-state index >= 15 is 0 Å². The molecule has 6 heteroatoms. The Morgan fingerprint density at radius 2 is 2.04 bits per heavy atom. The number of H-pyrrole nitrogens is 1. The Labute approximate surface area is 143 Å². The number of anilines is 1. The summed E-state index contributed by atoms with van der Waals surface area (Å²) in [6, 6.07) is 15.7. The van der Waals surface area contributed by atoms with Gasteiger partial charge in [0.25, 0.3) is 5.91 Å². The minimum atomic E-state index is -0.268. The molecule has 4 rings (SSSR count). The number of hydrogen-bond donors (Lipinski definition) is 2. The lowest BCUT2D eigenvalue weighted by Gasteiger charge is -2.07. The summed E-state index contributed by atoms with van der Waals surface area (Å²) in [5.41, 5.74) is 3.78. The van der Waals surface area contributed by atoms with Gasteiger partial charge in [0.15, 0.2) is 0 Å². The summed E-state index contributed by atoms with van der Waals surface area (Å²) in [6.07, 6.45) is 1.58. The summed E-state index contributed by atoms with van der Waals surface area (Å²) in [4.78, 5) is 15.6. The smallest absolute Gasteiger partial charge is 0.273 e. The van der Waals surface area contributed by atoms with E-state index in [0.29, 0.717) is 11.4 Å². The molecule has 2 aromatic carbocycles. The molecule has 2 heterocycles. The maximum Gasteiger partial charge on any atom is 0.273 e. The van der Waals surface area contributed by atoms with Crippen LogP contribution in [0.25, 0.3) is 22.2 Å². The van der Waals surface area contributed by atoms with Crippen LogP contribution in [0, 0.1) is 5.82 Å². The number of carbonyl (C=O) groups excluding carboxylic acids is 1. The minimum Gasteiger partial charge on any atom is -0.355 e. The van der Waals surface area contributed by atoms with E-state index in [1.54, 1.807) is 25.4 Å². The Morgan fingerprint density at radius 3 is 2.84 bits per heavy atom. The second-order valence-electron chi connectivity index (χ2n) is 5.79. The van der Waals surface area contributed by atoms with Gasteiger partial charge < -0.3 is 10.3 Å². The normalized spacial score (nSPS) is 11.0. The van der Waals surface area contributed by atoms with Crippen LogP contribution in [0.5, 0.6) is 0 Å². The molecule has 0 saturated carbocycles. The van der Waals surface area contributed by atoms with Gasteiger partial charge in [-0.3, -0.25) is 9.48 Å². The van der Waals surface area contributed by atoms with Crippen LogP contribution >= 0.6 is 0 Å². The van der Waals surface area contributed by atoms with Crippen molar-refractivity contribution in [3.05, 3.63) is 72.3 Å². The van der Waals surface area contributed by atoms with Crippen LogP contribution < -0.4 is 5.32 Å². The number of aryl methyl sites for hydroxylation is 1. The zero-order chi connectivity index (χ0) is 17.4. The maximum atomic E-state index is 13.4. The van der Waals surface area contributed by atoms with Crippen LogP contribution in [0.15, 0.2) is 60.8 Å². The van der Waals surface area contributed by atoms with E-state index in [1.165, 1.54) is 16.8 Å². The molecule has 124 valence electrons. The summed E-state index contributed by atoms with van der Waals surface area (Å²) in [6.45, 7) is 0. The van der Waals surface area contributed by atoms with Gasteiger partial charge in [0.05, 0.1) is 0 Å². The largest absolute Gasteiger partial charge is 0.355 e. The van der Waals surface area contributed by atoms with Crippen LogP contribution in [0.3, 0.4) is 0 Å². The SMILES string of the molecule is Cn1nccc1C(=O)Nc1cccc(-c2cc3cc(F)ccc3[nH]2)c1. The Bertz CT molecular complexity index is 1080. The summed E-state index contributed by atoms with van der Waals surface area (Å²) in [5, 5.41) is 7.67. The standard InChI is InChI=1S/C19H15FN4O/c1-24-18(7-8-21-24)19(25)22-15-4-2-3-12(10-15)17-11-13-9-14(20)5-6-16(13)23-17/h2-11,23H,1H3,(H,22,25). The highest BCUT2D eigenvalue weighted by atomic mass is 19.1. The zero-order valence-electron chi connectivity index (χ0n) is 13.5. The first-order valence-corrected chi connectivity index (χ1v) is 7.78. The van der Waals surface area contributed by atoms with Gasteiger partial charge in [0, 0.05) is 41.1 Å². The number of rotatable bonds is 3. The number of benzene rings is 2. The van der Waals surface area contributed by atoms with Crippen molar-refractivity contribution in [3.63, 3.8) is 0 Å². The highest BCUT2D eigenvalue weighted by Gasteiger charge is 2.11. The lowest BCUT2D eigenvalue weighted by molar-refractivity contribution is 0.101. The highest BCUT2D eigenvalue weighted by Crippen LogP contribution is 2.26. The summed E-state index contributed by atoms with van der Waals surface area (Å²) >= 11 is 0. The van der Waals surface area contributed by atoms with Crippen molar-refractivity contribution in [2.45, 2.75) is 0 Å². The van der Waals surface area contributed by atoms with E-state index in [4.69, 9.17) is 0 Å². The molecule has 0 bridgehead atoms. The number of nitrogens with zero attached hydrogens (tertiary/aromatic N) is 2. The molecule has 0 aliphatic heterocycles. The second-order valence-corrected chi connectivity index (χ2v) is 5.79. The number of nitrogens with one attached hydrogen (secondary N) is 2. The Morgan fingerprint density at radius 1 is 1.16 bits per heavy atom. The van der Waals surface area contributed by atoms with Crippen LogP contribution in [0.2, 0.25) is 0 Å². The predicted octanol–water partition coefficient (Wildman–Crippen LogP) is 3.96. The molecule has 0 unspecified atom stereocenters. The fourth-order valence-electron chi connectivity index (χ4n) is 2.82. The fourth-order valence-corrected chi connectivity index (χ4v) is 2.82. The molecule has 0 atom stereocenters. The van der Waals surface area contributed by atoms with E-state index in [2.05, 4.69) is 15.4 Å². The lowest BCUT2D eigenvalue weighted by Crippen LogP contribution is -2.16. The van der Waals surface area contributed by atoms with Crippen molar-refractivity contribution in [2.75, 3.05) is 5.32 Å². The first-order valence-electron chi connectivity index (χ1n) is 7.78. The lowest BCUT2D eigenvalue weighted by atomic mass is 10.1. The van der Waals surface area contributed by atoms with Gasteiger partial charge >= 0.3 is 0 Å². The third kappa shape index (κ3) is 2.89. The quantitative estimate of drug-likeness (QED) is 0.596. The van der Waals surface area contributed by atoms with Crippen molar-refractivity contribution in [1.29, 1.82) is 0 Å². The van der Waals surface area contributed by atoms with Crippen molar-refractivity contribution in [1.82, 2.24) is 14.8 Å². The van der Waals surface area contributed by atoms with Crippen LogP contribution in [0.1, 0.15) is 10.5 Å². The maximum absolute atomic E-state index is 13.4. The molecule has 25 heavy (non-hydrogen) atoms. The molecule has 0 aliphatic carbocycles. The van der Waals surface area contributed by atoms with Crippen molar-refractivity contribution >= 4 is 22.5 Å². The van der Waals surface area contributed by atoms with Gasteiger partial charge in [-0.05, 0) is 42.5 Å². The monoisotopic (exact) mass is 334 g/mol. The average Bonchev–Trinajstić information content (AvgIpc) is 3.20. The van der Waals surface area contributed by atoms with Gasteiger partial charge in [0.2, 0.25) is 0 Å². The van der Waals surface area contributed by atoms with Crippen molar-refractivity contribution in [3.8, 4) is 11.3 Å². The molecule has 0 spiro atoms. The summed E-state index contributed by atoms with van der Waals surface area (Å²) in [5.74, 6) is -0.494. The third-order valence-electron chi connectivity index (χ3n) is 4.07. The van der Waals surface area contributed by atoms with E-state index in [9.17, 15) is 9.18 Å². The number of aromatic amines is 1. The first-order chi connectivity index (χ1) is 12.1. The first kappa shape index (κ1) is 15.1. The van der Waals surface area contributed by atoms with E-state index in [-0.39, 0.29) is 11.7 Å². The van der Waals surface area contributed by atoms with Crippen LogP contribution in [0.4, 0.5) is 10.1 Å². The van der Waals surface area contributed by atoms with Gasteiger partial charge in [0.1, 0.15) is 11.5 Å². The topological polar surface area (TPSA) is 62.7 Å². The van der Waals surface area contributed by atoms with Crippen LogP contribution in [-0.2, 0) is 7.05 Å². The molecule has 4 aromatic rings. The molecular formula is C19H15FN4O. The van der Waals surface area contributed by atoms with Crippen LogP contribution in [-0.4, -0.2) is 20.7 Å². The summed E-state index contributed by atoms with van der Waals surface area (Å²) < 4.78 is 14.9.